The van der Waals surface area contributed by atoms with Crippen LogP contribution in [0.3, 0.4) is 0 Å². The van der Waals surface area contributed by atoms with Gasteiger partial charge in [0, 0.05) is 12.0 Å². The molecule has 0 fully saturated rings. The van der Waals surface area contributed by atoms with E-state index in [1.165, 1.54) is 23.9 Å². The highest BCUT2D eigenvalue weighted by molar-refractivity contribution is 7.98. The van der Waals surface area contributed by atoms with Crippen LogP contribution in [-0.4, -0.2) is 28.1 Å². The van der Waals surface area contributed by atoms with Crippen LogP contribution in [0.15, 0.2) is 32.8 Å². The molecule has 2 N–H and O–H groups in total. The fourth-order valence-corrected chi connectivity index (χ4v) is 3.88. The minimum absolute atomic E-state index is 0.0512. The van der Waals surface area contributed by atoms with Crippen molar-refractivity contribution in [2.24, 2.45) is 5.14 Å². The van der Waals surface area contributed by atoms with Crippen LogP contribution in [0.2, 0.25) is 0 Å². The van der Waals surface area contributed by atoms with E-state index in [9.17, 15) is 8.42 Å². The number of nitrogens with two attached hydrogens (primary N) is 1. The van der Waals surface area contributed by atoms with E-state index >= 15 is 0 Å². The highest BCUT2D eigenvalue weighted by Gasteiger charge is 2.22. The number of imidazole rings is 1. The summed E-state index contributed by atoms with van der Waals surface area (Å²) >= 11 is 1.47. The van der Waals surface area contributed by atoms with Crippen molar-refractivity contribution in [3.05, 3.63) is 29.9 Å². The maximum absolute atomic E-state index is 11.5. The summed E-state index contributed by atoms with van der Waals surface area (Å²) in [5.74, 6) is 1.69. The monoisotopic (exact) mass is 395 g/mol. The molecule has 0 aliphatic heterocycles. The molecule has 0 aliphatic rings. The van der Waals surface area contributed by atoms with Crippen LogP contribution >= 0.6 is 11.8 Å². The van der Waals surface area contributed by atoms with Gasteiger partial charge >= 0.3 is 0 Å². The highest BCUT2D eigenvalue weighted by Crippen LogP contribution is 2.28. The second-order valence-corrected chi connectivity index (χ2v) is 9.39. The van der Waals surface area contributed by atoms with Crippen LogP contribution in [0.25, 0.3) is 11.0 Å². The normalized spacial score (nSPS) is 12.8. The minimum atomic E-state index is -3.76. The number of nitrogens with zero attached hydrogens (tertiary/aromatic N) is 4. The van der Waals surface area contributed by atoms with Crippen LogP contribution in [0.1, 0.15) is 39.4 Å². The largest absolute Gasteiger partial charge is 0.339 e. The van der Waals surface area contributed by atoms with Crippen molar-refractivity contribution in [1.29, 1.82) is 0 Å². The van der Waals surface area contributed by atoms with Gasteiger partial charge in [-0.1, -0.05) is 37.7 Å². The van der Waals surface area contributed by atoms with E-state index in [1.807, 2.05) is 32.3 Å². The summed E-state index contributed by atoms with van der Waals surface area (Å²) in [4.78, 5) is 9.02. The SMILES string of the molecule is CCn1c(SCc2noc(C(C)(C)C)n2)nc2cc(S(N)(=O)=O)ccc21. The van der Waals surface area contributed by atoms with E-state index in [0.29, 0.717) is 29.5 Å². The molecule has 26 heavy (non-hydrogen) atoms. The first kappa shape index (κ1) is 18.9. The predicted octanol–water partition coefficient (Wildman–Crippen LogP) is 2.68. The van der Waals surface area contributed by atoms with Crippen LogP contribution < -0.4 is 5.14 Å². The van der Waals surface area contributed by atoms with Gasteiger partial charge in [-0.2, -0.15) is 4.98 Å². The Morgan fingerprint density at radius 2 is 2.00 bits per heavy atom. The van der Waals surface area contributed by atoms with Crippen molar-refractivity contribution in [3.8, 4) is 0 Å². The molecule has 0 atom stereocenters. The van der Waals surface area contributed by atoms with Gasteiger partial charge in [-0.05, 0) is 25.1 Å². The van der Waals surface area contributed by atoms with Crippen molar-refractivity contribution in [3.63, 3.8) is 0 Å². The van der Waals surface area contributed by atoms with E-state index < -0.39 is 10.0 Å². The smallest absolute Gasteiger partial charge is 0.238 e. The van der Waals surface area contributed by atoms with Gasteiger partial charge in [0.1, 0.15) is 0 Å². The Bertz CT molecular complexity index is 1050. The summed E-state index contributed by atoms with van der Waals surface area (Å²) in [7, 11) is -3.76. The lowest BCUT2D eigenvalue weighted by Crippen LogP contribution is -2.11. The third-order valence-corrected chi connectivity index (χ3v) is 5.65. The molecular formula is C16H21N5O3S2. The number of fused-ring (bicyclic) bond motifs is 1. The molecule has 0 saturated carbocycles. The van der Waals surface area contributed by atoms with E-state index in [4.69, 9.17) is 9.66 Å². The molecule has 8 nitrogen and oxygen atoms in total. The highest BCUT2D eigenvalue weighted by atomic mass is 32.2. The lowest BCUT2D eigenvalue weighted by atomic mass is 9.97. The second kappa shape index (κ2) is 6.67. The molecule has 2 aromatic heterocycles. The second-order valence-electron chi connectivity index (χ2n) is 6.89. The van der Waals surface area contributed by atoms with Crippen LogP contribution in [0, 0.1) is 0 Å². The fraction of sp³-hybridized carbons (Fsp3) is 0.438. The molecule has 0 amide bonds. The zero-order valence-corrected chi connectivity index (χ0v) is 16.7. The van der Waals surface area contributed by atoms with Crippen molar-refractivity contribution < 1.29 is 12.9 Å². The lowest BCUT2D eigenvalue weighted by molar-refractivity contribution is 0.319. The molecule has 0 unspecified atom stereocenters. The van der Waals surface area contributed by atoms with Gasteiger partial charge in [-0.15, -0.1) is 0 Å². The number of aromatic nitrogens is 4. The number of primary sulfonamides is 1. The maximum atomic E-state index is 11.5. The Morgan fingerprint density at radius 3 is 2.58 bits per heavy atom. The number of sulfonamides is 1. The van der Waals surface area contributed by atoms with Crippen molar-refractivity contribution in [2.45, 2.75) is 55.5 Å². The molecule has 3 rings (SSSR count). The number of hydrogen-bond acceptors (Lipinski definition) is 7. The maximum Gasteiger partial charge on any atom is 0.238 e. The third kappa shape index (κ3) is 3.76. The van der Waals surface area contributed by atoms with Gasteiger partial charge in [0.15, 0.2) is 11.0 Å². The van der Waals surface area contributed by atoms with Gasteiger partial charge in [-0.25, -0.2) is 18.5 Å². The first-order valence-electron chi connectivity index (χ1n) is 8.08. The summed E-state index contributed by atoms with van der Waals surface area (Å²) < 4.78 is 30.4. The van der Waals surface area contributed by atoms with E-state index in [0.717, 1.165) is 10.7 Å². The average Bonchev–Trinajstić information content (AvgIpc) is 3.15. The third-order valence-electron chi connectivity index (χ3n) is 3.77. The molecule has 0 spiro atoms. The van der Waals surface area contributed by atoms with Crippen LogP contribution in [0.4, 0.5) is 0 Å². The molecule has 2 heterocycles. The van der Waals surface area contributed by atoms with E-state index in [1.54, 1.807) is 6.07 Å². The quantitative estimate of drug-likeness (QED) is 0.660. The number of hydrogen-bond donors (Lipinski definition) is 1. The average molecular weight is 396 g/mol. The Balaban J connectivity index is 1.88. The van der Waals surface area contributed by atoms with Crippen molar-refractivity contribution in [2.75, 3.05) is 0 Å². The van der Waals surface area contributed by atoms with Crippen molar-refractivity contribution in [1.82, 2.24) is 19.7 Å². The molecule has 0 aliphatic carbocycles. The predicted molar refractivity (Wildman–Crippen MR) is 99.3 cm³/mol. The Labute approximate surface area is 156 Å². The van der Waals surface area contributed by atoms with Gasteiger partial charge in [0.2, 0.25) is 15.9 Å². The number of benzene rings is 1. The van der Waals surface area contributed by atoms with Gasteiger partial charge in [0.25, 0.3) is 0 Å². The topological polar surface area (TPSA) is 117 Å². The Kier molecular flexibility index (Phi) is 4.84. The van der Waals surface area contributed by atoms with E-state index in [-0.39, 0.29) is 10.3 Å². The molecule has 0 radical (unpaired) electrons. The van der Waals surface area contributed by atoms with Gasteiger partial charge < -0.3 is 9.09 Å². The Morgan fingerprint density at radius 1 is 1.27 bits per heavy atom. The van der Waals surface area contributed by atoms with Gasteiger partial charge in [-0.3, -0.25) is 0 Å². The molecule has 1 aromatic carbocycles. The molecule has 0 saturated heterocycles. The summed E-state index contributed by atoms with van der Waals surface area (Å²) in [6, 6.07) is 4.71. The Hall–Kier alpha value is -1.91. The zero-order valence-electron chi connectivity index (χ0n) is 15.1. The summed E-state index contributed by atoms with van der Waals surface area (Å²) in [5.41, 5.74) is 1.24. The summed E-state index contributed by atoms with van der Waals surface area (Å²) in [5, 5.41) is 9.98. The lowest BCUT2D eigenvalue weighted by Gasteiger charge is -2.10. The number of thioether (sulfide) groups is 1. The molecular weight excluding hydrogens is 374 g/mol. The zero-order chi connectivity index (χ0) is 19.1. The van der Waals surface area contributed by atoms with E-state index in [2.05, 4.69) is 15.1 Å². The standard InChI is InChI=1S/C16H21N5O3S2/c1-5-21-12-7-6-10(26(17,22)23)8-11(12)18-15(21)25-9-13-19-14(24-20-13)16(2,3)4/h6-8H,5,9H2,1-4H3,(H2,17,22,23). The number of aryl methyl sites for hydroxylation is 1. The fourth-order valence-electron chi connectivity index (χ4n) is 2.43. The molecule has 3 aromatic rings. The minimum Gasteiger partial charge on any atom is -0.339 e. The number of rotatable bonds is 5. The van der Waals surface area contributed by atoms with Crippen LogP contribution in [0.5, 0.6) is 0 Å². The van der Waals surface area contributed by atoms with Crippen molar-refractivity contribution >= 4 is 32.8 Å². The summed E-state index contributed by atoms with van der Waals surface area (Å²) in [6.45, 7) is 8.74. The molecule has 140 valence electrons. The molecule has 0 bridgehead atoms. The molecule has 10 heteroatoms. The van der Waals surface area contributed by atoms with Gasteiger partial charge in [0.05, 0.1) is 21.7 Å². The van der Waals surface area contributed by atoms with Crippen LogP contribution in [-0.2, 0) is 27.7 Å². The first-order chi connectivity index (χ1) is 12.1. The summed E-state index contributed by atoms with van der Waals surface area (Å²) in [6.07, 6.45) is 0. The first-order valence-corrected chi connectivity index (χ1v) is 10.6.